The summed E-state index contributed by atoms with van der Waals surface area (Å²) in [5.74, 6) is 0.279. The molecule has 2 aromatic carbocycles. The number of hydrogen-bond acceptors (Lipinski definition) is 3. The molecular formula is C19H20ClF3N2O2S. The third kappa shape index (κ3) is 3.86. The highest BCUT2D eigenvalue weighted by Gasteiger charge is 2.58. The molecule has 0 heterocycles. The van der Waals surface area contributed by atoms with Crippen molar-refractivity contribution in [3.63, 3.8) is 0 Å². The number of sulfonamides is 1. The van der Waals surface area contributed by atoms with E-state index in [-0.39, 0.29) is 32.9 Å². The number of hydrogen-bond donors (Lipinski definition) is 2. The van der Waals surface area contributed by atoms with Crippen LogP contribution in [-0.2, 0) is 21.6 Å². The summed E-state index contributed by atoms with van der Waals surface area (Å²) < 4.78 is 62.4. The van der Waals surface area contributed by atoms with Gasteiger partial charge < -0.3 is 5.32 Å². The van der Waals surface area contributed by atoms with Gasteiger partial charge in [0, 0.05) is 22.7 Å². The van der Waals surface area contributed by atoms with Crippen molar-refractivity contribution in [2.24, 2.45) is 17.0 Å². The van der Waals surface area contributed by atoms with Crippen molar-refractivity contribution in [3.05, 3.63) is 58.6 Å². The van der Waals surface area contributed by atoms with Crippen molar-refractivity contribution >= 4 is 27.3 Å². The molecule has 0 amide bonds. The second kappa shape index (κ2) is 6.93. The highest BCUT2D eigenvalue weighted by molar-refractivity contribution is 7.89. The fourth-order valence-electron chi connectivity index (χ4n) is 3.83. The van der Waals surface area contributed by atoms with E-state index < -0.39 is 21.8 Å². The highest BCUT2D eigenvalue weighted by Crippen LogP contribution is 2.59. The molecule has 1 fully saturated rings. The minimum Gasteiger partial charge on any atom is -0.384 e. The first kappa shape index (κ1) is 21.0. The van der Waals surface area contributed by atoms with E-state index in [1.165, 1.54) is 24.3 Å². The van der Waals surface area contributed by atoms with Crippen molar-refractivity contribution < 1.29 is 21.6 Å². The zero-order valence-electron chi connectivity index (χ0n) is 15.2. The normalized spacial score (nSPS) is 24.8. The minimum absolute atomic E-state index is 0.0246. The number of anilines is 1. The fourth-order valence-corrected chi connectivity index (χ4v) is 4.52. The van der Waals surface area contributed by atoms with Crippen molar-refractivity contribution in [2.75, 3.05) is 11.9 Å². The predicted octanol–water partition coefficient (Wildman–Crippen LogP) is 4.64. The van der Waals surface area contributed by atoms with Crippen LogP contribution in [0.4, 0.5) is 18.9 Å². The van der Waals surface area contributed by atoms with Crippen LogP contribution in [0.25, 0.3) is 0 Å². The first-order chi connectivity index (χ1) is 12.8. The van der Waals surface area contributed by atoms with Gasteiger partial charge in [0.25, 0.3) is 0 Å². The number of halogens is 4. The van der Waals surface area contributed by atoms with Crippen molar-refractivity contribution in [3.8, 4) is 0 Å². The smallest absolute Gasteiger partial charge is 0.384 e. The monoisotopic (exact) mass is 432 g/mol. The molecular weight excluding hydrogens is 413 g/mol. The molecule has 152 valence electrons. The first-order valence-electron chi connectivity index (χ1n) is 8.59. The molecule has 3 atom stereocenters. The molecule has 4 nitrogen and oxygen atoms in total. The molecule has 1 saturated carbocycles. The molecule has 3 unspecified atom stereocenters. The Morgan fingerprint density at radius 1 is 1.18 bits per heavy atom. The summed E-state index contributed by atoms with van der Waals surface area (Å²) in [6, 6.07) is 9.76. The van der Waals surface area contributed by atoms with Gasteiger partial charge in [-0.3, -0.25) is 0 Å². The predicted molar refractivity (Wildman–Crippen MR) is 103 cm³/mol. The van der Waals surface area contributed by atoms with Crippen molar-refractivity contribution in [2.45, 2.75) is 30.3 Å². The SMILES string of the molecule is CC1C(CNc2cc(Cl)ccc2C(F)(F)F)C1(C)c1ccc(S(N)(=O)=O)cc1. The van der Waals surface area contributed by atoms with Crippen LogP contribution in [0.1, 0.15) is 25.0 Å². The van der Waals surface area contributed by atoms with E-state index in [9.17, 15) is 21.6 Å². The maximum Gasteiger partial charge on any atom is 0.418 e. The van der Waals surface area contributed by atoms with Gasteiger partial charge in [0.1, 0.15) is 0 Å². The molecule has 0 saturated heterocycles. The van der Waals surface area contributed by atoms with Gasteiger partial charge in [0.15, 0.2) is 0 Å². The molecule has 28 heavy (non-hydrogen) atoms. The second-order valence-electron chi connectivity index (χ2n) is 7.32. The second-order valence-corrected chi connectivity index (χ2v) is 9.31. The lowest BCUT2D eigenvalue weighted by Crippen LogP contribution is -2.16. The van der Waals surface area contributed by atoms with E-state index in [4.69, 9.17) is 16.7 Å². The van der Waals surface area contributed by atoms with Gasteiger partial charge in [-0.15, -0.1) is 0 Å². The number of primary sulfonamides is 1. The summed E-state index contributed by atoms with van der Waals surface area (Å²) in [6.07, 6.45) is -4.48. The molecule has 0 spiro atoms. The lowest BCUT2D eigenvalue weighted by Gasteiger charge is -2.17. The maximum absolute atomic E-state index is 13.2. The summed E-state index contributed by atoms with van der Waals surface area (Å²) in [5.41, 5.74) is -0.169. The summed E-state index contributed by atoms with van der Waals surface area (Å²) in [7, 11) is -3.77. The van der Waals surface area contributed by atoms with E-state index in [0.717, 1.165) is 11.6 Å². The van der Waals surface area contributed by atoms with Gasteiger partial charge in [-0.05, 0) is 47.7 Å². The van der Waals surface area contributed by atoms with Gasteiger partial charge in [-0.25, -0.2) is 13.6 Å². The van der Waals surface area contributed by atoms with Crippen LogP contribution in [0.15, 0.2) is 47.4 Å². The van der Waals surface area contributed by atoms with Crippen LogP contribution in [-0.4, -0.2) is 15.0 Å². The average Bonchev–Trinajstić information content (AvgIpc) is 3.12. The van der Waals surface area contributed by atoms with Crippen molar-refractivity contribution in [1.29, 1.82) is 0 Å². The molecule has 3 rings (SSSR count). The molecule has 0 radical (unpaired) electrons. The molecule has 2 aromatic rings. The van der Waals surface area contributed by atoms with E-state index in [0.29, 0.717) is 6.54 Å². The Hall–Kier alpha value is -1.77. The Balaban J connectivity index is 1.78. The third-order valence-corrected chi connectivity index (χ3v) is 6.98. The van der Waals surface area contributed by atoms with Crippen LogP contribution < -0.4 is 10.5 Å². The Labute approximate surface area is 166 Å². The van der Waals surface area contributed by atoms with Gasteiger partial charge in [0.05, 0.1) is 10.5 Å². The molecule has 9 heteroatoms. The van der Waals surface area contributed by atoms with Gasteiger partial charge in [-0.2, -0.15) is 13.2 Å². The van der Waals surface area contributed by atoms with Gasteiger partial charge in [-0.1, -0.05) is 37.6 Å². The topological polar surface area (TPSA) is 72.2 Å². The van der Waals surface area contributed by atoms with E-state index in [1.807, 2.05) is 13.8 Å². The summed E-state index contributed by atoms with van der Waals surface area (Å²) >= 11 is 5.86. The molecule has 1 aliphatic carbocycles. The van der Waals surface area contributed by atoms with Crippen molar-refractivity contribution in [1.82, 2.24) is 0 Å². The number of alkyl halides is 3. The average molecular weight is 433 g/mol. The molecule has 0 aliphatic heterocycles. The fraction of sp³-hybridized carbons (Fsp3) is 0.368. The van der Waals surface area contributed by atoms with Crippen LogP contribution >= 0.6 is 11.6 Å². The lowest BCUT2D eigenvalue weighted by atomic mass is 9.94. The quantitative estimate of drug-likeness (QED) is 0.722. The molecule has 0 bridgehead atoms. The van der Waals surface area contributed by atoms with Gasteiger partial charge in [0.2, 0.25) is 10.0 Å². The Morgan fingerprint density at radius 3 is 2.32 bits per heavy atom. The minimum atomic E-state index is -4.48. The van der Waals surface area contributed by atoms with Crippen LogP contribution in [0, 0.1) is 11.8 Å². The summed E-state index contributed by atoms with van der Waals surface area (Å²) in [6.45, 7) is 4.36. The Bertz CT molecular complexity index is 993. The Kier molecular flexibility index (Phi) is 5.19. The van der Waals surface area contributed by atoms with E-state index in [2.05, 4.69) is 5.32 Å². The Morgan fingerprint density at radius 2 is 1.79 bits per heavy atom. The number of nitrogens with two attached hydrogens (primary N) is 1. The number of benzene rings is 2. The van der Waals surface area contributed by atoms with E-state index >= 15 is 0 Å². The highest BCUT2D eigenvalue weighted by atomic mass is 35.5. The van der Waals surface area contributed by atoms with Crippen LogP contribution in [0.5, 0.6) is 0 Å². The lowest BCUT2D eigenvalue weighted by molar-refractivity contribution is -0.136. The van der Waals surface area contributed by atoms with Crippen LogP contribution in [0.3, 0.4) is 0 Å². The largest absolute Gasteiger partial charge is 0.418 e. The maximum atomic E-state index is 13.2. The standard InChI is InChI=1S/C19H20ClF3N2O2S/c1-11-16(10-25-17-9-13(20)5-8-15(17)19(21,22)23)18(11,2)12-3-6-14(7-4-12)28(24,26)27/h3-9,11,16,25H,10H2,1-2H3,(H2,24,26,27). The zero-order valence-corrected chi connectivity index (χ0v) is 16.8. The first-order valence-corrected chi connectivity index (χ1v) is 10.5. The zero-order chi connectivity index (χ0) is 20.9. The third-order valence-electron chi connectivity index (χ3n) is 5.81. The van der Waals surface area contributed by atoms with Crippen LogP contribution in [0.2, 0.25) is 5.02 Å². The summed E-state index contributed by atoms with van der Waals surface area (Å²) in [4.78, 5) is 0.0246. The van der Waals surface area contributed by atoms with E-state index in [1.54, 1.807) is 12.1 Å². The summed E-state index contributed by atoms with van der Waals surface area (Å²) in [5, 5.41) is 8.24. The number of nitrogens with one attached hydrogen (secondary N) is 1. The molecule has 0 aromatic heterocycles. The molecule has 3 N–H and O–H groups in total. The number of rotatable bonds is 5. The van der Waals surface area contributed by atoms with Gasteiger partial charge >= 0.3 is 6.18 Å². The molecule has 1 aliphatic rings.